The van der Waals surface area contributed by atoms with E-state index in [4.69, 9.17) is 10.3 Å². The monoisotopic (exact) mass is 280 g/mol. The van der Waals surface area contributed by atoms with Gasteiger partial charge in [0, 0.05) is 6.54 Å². The summed E-state index contributed by atoms with van der Waals surface area (Å²) < 4.78 is 5.40. The average Bonchev–Trinajstić information content (AvgIpc) is 2.88. The first-order valence-electron chi connectivity index (χ1n) is 7.04. The lowest BCUT2D eigenvalue weighted by molar-refractivity contribution is 0.0949. The van der Waals surface area contributed by atoms with Crippen molar-refractivity contribution in [1.82, 2.24) is 15.2 Å². The average molecular weight is 280 g/mol. The van der Waals surface area contributed by atoms with Crippen LogP contribution in [0.3, 0.4) is 0 Å². The number of carbonyl (C=O) groups excluding carboxylic acids is 1. The molecule has 0 bridgehead atoms. The predicted octanol–water partition coefficient (Wildman–Crippen LogP) is 0.657. The summed E-state index contributed by atoms with van der Waals surface area (Å²) in [5.41, 5.74) is 2.66. The first-order valence-corrected chi connectivity index (χ1v) is 7.04. The minimum Gasteiger partial charge on any atom is -0.467 e. The van der Waals surface area contributed by atoms with Gasteiger partial charge in [-0.3, -0.25) is 15.1 Å². The van der Waals surface area contributed by atoms with E-state index >= 15 is 0 Å². The maximum atomic E-state index is 11.6. The molecular formula is C14H24N4O2. The van der Waals surface area contributed by atoms with Gasteiger partial charge in [-0.05, 0) is 52.0 Å². The summed E-state index contributed by atoms with van der Waals surface area (Å²) in [5, 5.41) is 0. The lowest BCUT2D eigenvalue weighted by Crippen LogP contribution is -2.36. The number of furan rings is 1. The number of nitrogens with one attached hydrogen (secondary N) is 1. The Morgan fingerprint density at radius 3 is 2.90 bits per heavy atom. The zero-order chi connectivity index (χ0) is 14.5. The Labute approximate surface area is 119 Å². The molecule has 112 valence electrons. The first-order chi connectivity index (χ1) is 9.60. The highest BCUT2D eigenvalue weighted by atomic mass is 16.3. The van der Waals surface area contributed by atoms with Crippen LogP contribution in [0.15, 0.2) is 16.7 Å². The van der Waals surface area contributed by atoms with Crippen molar-refractivity contribution in [2.45, 2.75) is 19.4 Å². The van der Waals surface area contributed by atoms with E-state index < -0.39 is 0 Å². The van der Waals surface area contributed by atoms with E-state index in [1.54, 1.807) is 6.07 Å². The van der Waals surface area contributed by atoms with Gasteiger partial charge in [-0.25, -0.2) is 5.84 Å². The van der Waals surface area contributed by atoms with Gasteiger partial charge in [0.2, 0.25) is 0 Å². The summed E-state index contributed by atoms with van der Waals surface area (Å²) in [6, 6.07) is 1.65. The summed E-state index contributed by atoms with van der Waals surface area (Å²) in [5.74, 6) is 6.25. The smallest absolute Gasteiger partial charge is 0.268 e. The van der Waals surface area contributed by atoms with Crippen LogP contribution in [0.5, 0.6) is 0 Å². The first kappa shape index (κ1) is 15.0. The summed E-state index contributed by atoms with van der Waals surface area (Å²) in [6.07, 6.45) is 3.99. The fourth-order valence-corrected chi connectivity index (χ4v) is 2.74. The van der Waals surface area contributed by atoms with E-state index in [0.717, 1.165) is 12.5 Å². The molecule has 1 aromatic heterocycles. The van der Waals surface area contributed by atoms with E-state index in [-0.39, 0.29) is 5.91 Å². The molecule has 1 aliphatic heterocycles. The number of nitrogen functional groups attached to an aromatic ring is 1. The van der Waals surface area contributed by atoms with Gasteiger partial charge in [-0.15, -0.1) is 0 Å². The molecule has 1 aromatic rings. The van der Waals surface area contributed by atoms with Crippen molar-refractivity contribution in [3.05, 3.63) is 23.7 Å². The van der Waals surface area contributed by atoms with Crippen LogP contribution in [0.25, 0.3) is 0 Å². The normalized spacial score (nSPS) is 17.6. The summed E-state index contributed by atoms with van der Waals surface area (Å²) in [6.45, 7) is 3.99. The zero-order valence-corrected chi connectivity index (χ0v) is 12.3. The van der Waals surface area contributed by atoms with Crippen molar-refractivity contribution in [1.29, 1.82) is 0 Å². The number of hydrogen-bond donors (Lipinski definition) is 2. The van der Waals surface area contributed by atoms with Crippen LogP contribution < -0.4 is 11.3 Å². The van der Waals surface area contributed by atoms with E-state index in [0.29, 0.717) is 17.9 Å². The van der Waals surface area contributed by atoms with Crippen molar-refractivity contribution >= 4 is 5.91 Å². The number of nitrogens with zero attached hydrogens (tertiary/aromatic N) is 2. The van der Waals surface area contributed by atoms with E-state index in [1.807, 2.05) is 0 Å². The van der Waals surface area contributed by atoms with Crippen LogP contribution >= 0.6 is 0 Å². The molecular weight excluding hydrogens is 256 g/mol. The number of piperidine rings is 1. The SMILES string of the molecule is CN1CCC(CN(C)Cc2occc2C(=O)NN)CC1. The molecule has 2 rings (SSSR count). The van der Waals surface area contributed by atoms with Gasteiger partial charge in [-0.2, -0.15) is 0 Å². The standard InChI is InChI=1S/C14H24N4O2/c1-17-6-3-11(4-7-17)9-18(2)10-13-12(5-8-20-13)14(19)16-15/h5,8,11H,3-4,6-7,9-10,15H2,1-2H3,(H,16,19). The highest BCUT2D eigenvalue weighted by Crippen LogP contribution is 2.19. The maximum Gasteiger partial charge on any atom is 0.268 e. The largest absolute Gasteiger partial charge is 0.467 e. The Morgan fingerprint density at radius 2 is 2.25 bits per heavy atom. The van der Waals surface area contributed by atoms with Gasteiger partial charge in [0.1, 0.15) is 5.76 Å². The molecule has 1 amide bonds. The number of likely N-dealkylation sites (tertiary alicyclic amines) is 1. The Morgan fingerprint density at radius 1 is 1.55 bits per heavy atom. The summed E-state index contributed by atoms with van der Waals surface area (Å²) in [7, 11) is 4.23. The Kier molecular flexibility index (Phi) is 5.17. The van der Waals surface area contributed by atoms with Crippen LogP contribution in [0.2, 0.25) is 0 Å². The number of rotatable bonds is 5. The molecule has 0 aliphatic carbocycles. The van der Waals surface area contributed by atoms with Gasteiger partial charge in [0.05, 0.1) is 18.4 Å². The second-order valence-electron chi connectivity index (χ2n) is 5.67. The zero-order valence-electron chi connectivity index (χ0n) is 12.3. The molecule has 0 spiro atoms. The van der Waals surface area contributed by atoms with Gasteiger partial charge in [0.15, 0.2) is 0 Å². The quantitative estimate of drug-likeness (QED) is 0.471. The third kappa shape index (κ3) is 3.82. The van der Waals surface area contributed by atoms with E-state index in [2.05, 4.69) is 29.3 Å². The van der Waals surface area contributed by atoms with Crippen LogP contribution in [0.4, 0.5) is 0 Å². The fraction of sp³-hybridized carbons (Fsp3) is 0.643. The Balaban J connectivity index is 1.87. The van der Waals surface area contributed by atoms with E-state index in [9.17, 15) is 4.79 Å². The van der Waals surface area contributed by atoms with Crippen molar-refractivity contribution in [2.24, 2.45) is 11.8 Å². The Hall–Kier alpha value is -1.37. The second kappa shape index (κ2) is 6.88. The molecule has 2 heterocycles. The minimum atomic E-state index is -0.304. The maximum absolute atomic E-state index is 11.6. The molecule has 3 N–H and O–H groups in total. The highest BCUT2D eigenvalue weighted by molar-refractivity contribution is 5.94. The molecule has 0 radical (unpaired) electrons. The molecule has 1 saturated heterocycles. The fourth-order valence-electron chi connectivity index (χ4n) is 2.74. The number of hydrazine groups is 1. The number of hydrogen-bond acceptors (Lipinski definition) is 5. The second-order valence-corrected chi connectivity index (χ2v) is 5.67. The Bertz CT molecular complexity index is 438. The third-order valence-corrected chi connectivity index (χ3v) is 3.94. The topological polar surface area (TPSA) is 74.7 Å². The van der Waals surface area contributed by atoms with Crippen LogP contribution in [-0.2, 0) is 6.54 Å². The lowest BCUT2D eigenvalue weighted by Gasteiger charge is -2.31. The van der Waals surface area contributed by atoms with Crippen molar-refractivity contribution in [2.75, 3.05) is 33.7 Å². The predicted molar refractivity (Wildman–Crippen MR) is 76.9 cm³/mol. The molecule has 0 unspecified atom stereocenters. The van der Waals surface area contributed by atoms with Crippen molar-refractivity contribution in [3.63, 3.8) is 0 Å². The summed E-state index contributed by atoms with van der Waals surface area (Å²) >= 11 is 0. The van der Waals surface area contributed by atoms with Crippen molar-refractivity contribution < 1.29 is 9.21 Å². The molecule has 0 aromatic carbocycles. The molecule has 6 nitrogen and oxygen atoms in total. The molecule has 20 heavy (non-hydrogen) atoms. The highest BCUT2D eigenvalue weighted by Gasteiger charge is 2.20. The van der Waals surface area contributed by atoms with E-state index in [1.165, 1.54) is 32.2 Å². The molecule has 1 aliphatic rings. The van der Waals surface area contributed by atoms with Crippen LogP contribution in [0.1, 0.15) is 29.0 Å². The molecule has 6 heteroatoms. The molecule has 0 saturated carbocycles. The minimum absolute atomic E-state index is 0.304. The van der Waals surface area contributed by atoms with Gasteiger partial charge < -0.3 is 9.32 Å². The summed E-state index contributed by atoms with van der Waals surface area (Å²) in [4.78, 5) is 16.2. The number of amides is 1. The van der Waals surface area contributed by atoms with Gasteiger partial charge >= 0.3 is 0 Å². The molecule has 0 atom stereocenters. The molecule has 1 fully saturated rings. The van der Waals surface area contributed by atoms with Crippen LogP contribution in [-0.4, -0.2) is 49.4 Å². The lowest BCUT2D eigenvalue weighted by atomic mass is 9.96. The third-order valence-electron chi connectivity index (χ3n) is 3.94. The number of nitrogens with two attached hydrogens (primary N) is 1. The van der Waals surface area contributed by atoms with Crippen molar-refractivity contribution in [3.8, 4) is 0 Å². The van der Waals surface area contributed by atoms with Gasteiger partial charge in [-0.1, -0.05) is 0 Å². The van der Waals surface area contributed by atoms with Gasteiger partial charge in [0.25, 0.3) is 5.91 Å². The number of carbonyl (C=O) groups is 1. The van der Waals surface area contributed by atoms with Crippen LogP contribution in [0, 0.1) is 5.92 Å².